The van der Waals surface area contributed by atoms with Gasteiger partial charge in [0.05, 0.1) is 0 Å². The van der Waals surface area contributed by atoms with Gasteiger partial charge in [-0.25, -0.2) is 17.2 Å². The highest BCUT2D eigenvalue weighted by atomic mass is 32.2. The van der Waals surface area contributed by atoms with Gasteiger partial charge in [0, 0.05) is 22.7 Å². The molecule has 1 aromatic heterocycles. The summed E-state index contributed by atoms with van der Waals surface area (Å²) >= 11 is 0. The second kappa shape index (κ2) is 8.72. The molecule has 0 aliphatic rings. The first-order valence-electron chi connectivity index (χ1n) is 8.96. The molecule has 0 aliphatic heterocycles. The van der Waals surface area contributed by atoms with Crippen molar-refractivity contribution in [3.63, 3.8) is 0 Å². The lowest BCUT2D eigenvalue weighted by Gasteiger charge is -2.08. The van der Waals surface area contributed by atoms with E-state index in [4.69, 9.17) is 4.74 Å². The molecular formula is C20H18F2N2O5S. The van der Waals surface area contributed by atoms with Crippen molar-refractivity contribution in [2.45, 2.75) is 18.2 Å². The molecule has 158 valence electrons. The Balaban J connectivity index is 1.62. The number of aromatic amines is 1. The van der Waals surface area contributed by atoms with Gasteiger partial charge in [0.2, 0.25) is 15.8 Å². The number of hydrogen-bond acceptors (Lipinski definition) is 5. The third kappa shape index (κ3) is 4.39. The second-order valence-corrected chi connectivity index (χ2v) is 8.06. The van der Waals surface area contributed by atoms with E-state index in [1.54, 1.807) is 10.8 Å². The molecule has 0 fully saturated rings. The van der Waals surface area contributed by atoms with Crippen LogP contribution in [-0.2, 0) is 26.0 Å². The Labute approximate surface area is 171 Å². The van der Waals surface area contributed by atoms with Gasteiger partial charge in [-0.05, 0) is 24.1 Å². The Bertz CT molecular complexity index is 1200. The van der Waals surface area contributed by atoms with Gasteiger partial charge in [-0.1, -0.05) is 31.2 Å². The quantitative estimate of drug-likeness (QED) is 0.417. The summed E-state index contributed by atoms with van der Waals surface area (Å²) in [7, 11) is -4.63. The lowest BCUT2D eigenvalue weighted by atomic mass is 10.1. The van der Waals surface area contributed by atoms with Gasteiger partial charge < -0.3 is 9.72 Å². The van der Waals surface area contributed by atoms with Crippen LogP contribution in [0, 0.1) is 11.6 Å². The highest BCUT2D eigenvalue weighted by molar-refractivity contribution is 7.89. The van der Waals surface area contributed by atoms with Gasteiger partial charge in [0.15, 0.2) is 11.5 Å². The van der Waals surface area contributed by atoms with Crippen molar-refractivity contribution in [3.8, 4) is 0 Å². The highest BCUT2D eigenvalue weighted by Crippen LogP contribution is 2.22. The molecule has 0 spiro atoms. The van der Waals surface area contributed by atoms with Crippen molar-refractivity contribution in [1.29, 1.82) is 0 Å². The van der Waals surface area contributed by atoms with E-state index in [9.17, 15) is 26.8 Å². The van der Waals surface area contributed by atoms with Gasteiger partial charge in [0.25, 0.3) is 0 Å². The number of ketones is 1. The number of aryl methyl sites for hydroxylation is 1. The molecule has 2 N–H and O–H groups in total. The van der Waals surface area contributed by atoms with E-state index < -0.39 is 51.5 Å². The van der Waals surface area contributed by atoms with Gasteiger partial charge in [0.1, 0.15) is 18.2 Å². The first-order chi connectivity index (χ1) is 14.2. The van der Waals surface area contributed by atoms with Crippen LogP contribution in [0.5, 0.6) is 0 Å². The number of halogens is 2. The molecular weight excluding hydrogens is 418 g/mol. The highest BCUT2D eigenvalue weighted by Gasteiger charge is 2.25. The molecule has 30 heavy (non-hydrogen) atoms. The minimum absolute atomic E-state index is 0.335. The predicted molar refractivity (Wildman–Crippen MR) is 105 cm³/mol. The first-order valence-corrected chi connectivity index (χ1v) is 10.4. The number of carbonyl (C=O) groups excluding carboxylic acids is 2. The fourth-order valence-corrected chi connectivity index (χ4v) is 4.08. The Morgan fingerprint density at radius 1 is 1.10 bits per heavy atom. The van der Waals surface area contributed by atoms with Gasteiger partial charge >= 0.3 is 5.97 Å². The first kappa shape index (κ1) is 21.6. The number of H-pyrrole nitrogens is 1. The van der Waals surface area contributed by atoms with E-state index in [2.05, 4.69) is 4.98 Å². The van der Waals surface area contributed by atoms with Crippen LogP contribution in [0.4, 0.5) is 8.78 Å². The zero-order valence-corrected chi connectivity index (χ0v) is 16.7. The number of fused-ring (bicyclic) bond motifs is 1. The van der Waals surface area contributed by atoms with Crippen LogP contribution < -0.4 is 4.72 Å². The van der Waals surface area contributed by atoms with E-state index in [0.717, 1.165) is 35.7 Å². The summed E-state index contributed by atoms with van der Waals surface area (Å²) in [5.74, 6) is -4.14. The van der Waals surface area contributed by atoms with Crippen LogP contribution in [0.1, 0.15) is 22.8 Å². The molecule has 0 atom stereocenters. The number of sulfonamides is 1. The lowest BCUT2D eigenvalue weighted by molar-refractivity contribution is -0.141. The summed E-state index contributed by atoms with van der Waals surface area (Å²) in [4.78, 5) is 26.1. The average molecular weight is 436 g/mol. The number of nitrogens with one attached hydrogen (secondary N) is 2. The summed E-state index contributed by atoms with van der Waals surface area (Å²) < 4.78 is 57.9. The number of rotatable bonds is 8. The Morgan fingerprint density at radius 3 is 2.43 bits per heavy atom. The minimum atomic E-state index is -4.63. The maximum absolute atomic E-state index is 13.6. The maximum atomic E-state index is 13.6. The monoisotopic (exact) mass is 436 g/mol. The van der Waals surface area contributed by atoms with E-state index in [1.165, 1.54) is 6.20 Å². The van der Waals surface area contributed by atoms with Crippen molar-refractivity contribution in [2.75, 3.05) is 13.2 Å². The molecule has 2 aromatic carbocycles. The van der Waals surface area contributed by atoms with Crippen LogP contribution in [0.2, 0.25) is 0 Å². The summed E-state index contributed by atoms with van der Waals surface area (Å²) in [6.07, 6.45) is 2.28. The van der Waals surface area contributed by atoms with E-state index in [1.807, 2.05) is 19.1 Å². The smallest absolute Gasteiger partial charge is 0.321 e. The number of carbonyl (C=O) groups is 2. The van der Waals surface area contributed by atoms with Crippen molar-refractivity contribution in [1.82, 2.24) is 9.71 Å². The number of benzene rings is 2. The molecule has 3 rings (SSSR count). The van der Waals surface area contributed by atoms with Crippen LogP contribution in [0.25, 0.3) is 10.9 Å². The molecule has 3 aromatic rings. The molecule has 10 heteroatoms. The van der Waals surface area contributed by atoms with Crippen LogP contribution in [0.3, 0.4) is 0 Å². The van der Waals surface area contributed by atoms with Crippen molar-refractivity contribution in [2.24, 2.45) is 0 Å². The molecule has 0 bridgehead atoms. The van der Waals surface area contributed by atoms with Gasteiger partial charge in [-0.2, -0.15) is 4.72 Å². The Hall–Kier alpha value is -3.11. The molecule has 0 amide bonds. The maximum Gasteiger partial charge on any atom is 0.321 e. The third-order valence-corrected chi connectivity index (χ3v) is 5.89. The normalized spacial score (nSPS) is 11.6. The number of Topliss-reactive ketones (excluding diaryl/α,β-unsaturated/α-hetero) is 1. The number of para-hydroxylation sites is 1. The number of esters is 1. The topological polar surface area (TPSA) is 105 Å². The van der Waals surface area contributed by atoms with Crippen molar-refractivity contribution >= 4 is 32.7 Å². The van der Waals surface area contributed by atoms with Crippen molar-refractivity contribution < 1.29 is 31.5 Å². The Morgan fingerprint density at radius 2 is 1.77 bits per heavy atom. The molecule has 0 unspecified atom stereocenters. The van der Waals surface area contributed by atoms with Crippen molar-refractivity contribution in [3.05, 3.63) is 65.4 Å². The third-order valence-electron chi connectivity index (χ3n) is 4.44. The molecule has 1 heterocycles. The fraction of sp³-hybridized carbons (Fsp3) is 0.200. The van der Waals surface area contributed by atoms with E-state index >= 15 is 0 Å². The summed E-state index contributed by atoms with van der Waals surface area (Å²) in [5.41, 5.74) is 2.18. The van der Waals surface area contributed by atoms with Crippen LogP contribution >= 0.6 is 0 Å². The second-order valence-electron chi connectivity index (χ2n) is 6.35. The zero-order valence-electron chi connectivity index (χ0n) is 15.9. The number of aromatic nitrogens is 1. The minimum Gasteiger partial charge on any atom is -0.456 e. The molecule has 0 saturated heterocycles. The Kier molecular flexibility index (Phi) is 6.28. The number of hydrogen-bond donors (Lipinski definition) is 2. The SMILES string of the molecule is CCc1cccc2c(C(=O)COC(=O)CNS(=O)(=O)c3c(F)cccc3F)c[nH]c12. The van der Waals surface area contributed by atoms with E-state index in [-0.39, 0.29) is 0 Å². The summed E-state index contributed by atoms with van der Waals surface area (Å²) in [6.45, 7) is 0.475. The largest absolute Gasteiger partial charge is 0.456 e. The van der Waals surface area contributed by atoms with Gasteiger partial charge in [-0.15, -0.1) is 0 Å². The molecule has 0 radical (unpaired) electrons. The molecule has 0 aliphatic carbocycles. The lowest BCUT2D eigenvalue weighted by Crippen LogP contribution is -2.32. The summed E-state index contributed by atoms with van der Waals surface area (Å²) in [5, 5.41) is 0.686. The van der Waals surface area contributed by atoms with E-state index in [0.29, 0.717) is 10.9 Å². The summed E-state index contributed by atoms with van der Waals surface area (Å²) in [6, 6.07) is 8.07. The number of ether oxygens (including phenoxy) is 1. The molecule has 7 nitrogen and oxygen atoms in total. The van der Waals surface area contributed by atoms with Crippen LogP contribution in [-0.4, -0.2) is 38.3 Å². The molecule has 0 saturated carbocycles. The fourth-order valence-electron chi connectivity index (χ4n) is 2.98. The van der Waals surface area contributed by atoms with Crippen LogP contribution in [0.15, 0.2) is 47.5 Å². The average Bonchev–Trinajstić information content (AvgIpc) is 3.14. The zero-order chi connectivity index (χ0) is 21.9. The standard InChI is InChI=1S/C20H18F2N2O5S/c1-2-12-5-3-6-13-14(9-23-19(12)13)17(25)11-29-18(26)10-24-30(27,28)20-15(21)7-4-8-16(20)22/h3-9,23-24H,2,10-11H2,1H3. The van der Waals surface area contributed by atoms with Gasteiger partial charge in [-0.3, -0.25) is 9.59 Å². The predicted octanol–water partition coefficient (Wildman–Crippen LogP) is 2.71.